The molecule has 0 fully saturated rings. The van der Waals surface area contributed by atoms with Gasteiger partial charge in [0.25, 0.3) is 10.1 Å². The zero-order valence-electron chi connectivity index (χ0n) is 13.1. The fourth-order valence-electron chi connectivity index (χ4n) is 1.52. The summed E-state index contributed by atoms with van der Waals surface area (Å²) in [5, 5.41) is 0.932. The fourth-order valence-corrected chi connectivity index (χ4v) is 2.74. The smallest absolute Gasteiger partial charge is 1.00 e. The van der Waals surface area contributed by atoms with E-state index in [9.17, 15) is 16.8 Å². The summed E-state index contributed by atoms with van der Waals surface area (Å²) in [7, 11) is -5.65. The molecule has 0 atom stereocenters. The molecule has 0 saturated carbocycles. The zero-order chi connectivity index (χ0) is 15.4. The summed E-state index contributed by atoms with van der Waals surface area (Å²) < 4.78 is 53.2. The monoisotopic (exact) mass is 343 g/mol. The molecule has 1 aromatic carbocycles. The van der Waals surface area contributed by atoms with Crippen molar-refractivity contribution in [1.29, 1.82) is 0 Å². The summed E-state index contributed by atoms with van der Waals surface area (Å²) in [6, 6.07) is 5.75. The second-order valence-corrected chi connectivity index (χ2v) is 7.88. The molecule has 0 aliphatic rings. The number of benzene rings is 1. The first kappa shape index (κ1) is 20.8. The van der Waals surface area contributed by atoms with Gasteiger partial charge in [-0.15, -0.1) is 0 Å². The Bertz CT molecular complexity index is 674. The van der Waals surface area contributed by atoms with Crippen molar-refractivity contribution in [3.8, 4) is 0 Å². The van der Waals surface area contributed by atoms with Crippen LogP contribution < -0.4 is 29.6 Å². The van der Waals surface area contributed by atoms with E-state index >= 15 is 0 Å². The minimum atomic E-state index is -4.19. The largest absolute Gasteiger partial charge is 1.00 e. The van der Waals surface area contributed by atoms with Crippen LogP contribution in [-0.4, -0.2) is 45.6 Å². The van der Waals surface area contributed by atoms with Gasteiger partial charge in [-0.25, -0.2) is 8.42 Å². The molecule has 0 amide bonds. The first-order valence-electron chi connectivity index (χ1n) is 5.74. The number of nitrogens with zero attached hydrogens (tertiary/aromatic N) is 1. The molecule has 21 heavy (non-hydrogen) atoms. The second-order valence-electron chi connectivity index (χ2n) is 4.39. The van der Waals surface area contributed by atoms with Gasteiger partial charge < -0.3 is 6.33 Å². The van der Waals surface area contributed by atoms with Crippen molar-refractivity contribution in [2.45, 2.75) is 11.4 Å². The normalized spacial score (nSPS) is 12.0. The molecule has 0 radical (unpaired) electrons. The number of sulfone groups is 1. The van der Waals surface area contributed by atoms with Crippen LogP contribution in [0.25, 0.3) is 0 Å². The quantitative estimate of drug-likeness (QED) is 0.457. The van der Waals surface area contributed by atoms with E-state index in [0.717, 1.165) is 11.0 Å². The SMILES string of the molecule is C=CS(=O)(=O)CCN(C)Cc1ccc(S(=O)(=O)O)cc1.[H-].[Na+]. The molecule has 9 heteroatoms. The Labute approximate surface area is 149 Å². The van der Waals surface area contributed by atoms with E-state index in [4.69, 9.17) is 4.55 Å². The fraction of sp³-hybridized carbons (Fsp3) is 0.333. The molecule has 114 valence electrons. The molecule has 0 unspecified atom stereocenters. The van der Waals surface area contributed by atoms with Crippen LogP contribution in [0, 0.1) is 0 Å². The summed E-state index contributed by atoms with van der Waals surface area (Å²) >= 11 is 0. The van der Waals surface area contributed by atoms with E-state index in [2.05, 4.69) is 6.58 Å². The maximum Gasteiger partial charge on any atom is 1.00 e. The first-order chi connectivity index (χ1) is 9.14. The Hall–Kier alpha value is -0.220. The predicted molar refractivity (Wildman–Crippen MR) is 77.7 cm³/mol. The van der Waals surface area contributed by atoms with Crippen LogP contribution >= 0.6 is 0 Å². The molecule has 6 nitrogen and oxygen atoms in total. The molecule has 1 N–H and O–H groups in total. The number of rotatable bonds is 7. The van der Waals surface area contributed by atoms with E-state index < -0.39 is 20.0 Å². The van der Waals surface area contributed by atoms with Crippen molar-refractivity contribution in [2.24, 2.45) is 0 Å². The predicted octanol–water partition coefficient (Wildman–Crippen LogP) is -1.96. The molecule has 0 heterocycles. The number of hydrogen-bond acceptors (Lipinski definition) is 5. The molecular formula is C12H18NNaO5S2. The number of hydrogen-bond donors (Lipinski definition) is 1. The topological polar surface area (TPSA) is 91.8 Å². The van der Waals surface area contributed by atoms with E-state index in [1.807, 2.05) is 0 Å². The average Bonchev–Trinajstić information content (AvgIpc) is 2.36. The van der Waals surface area contributed by atoms with E-state index in [-0.39, 0.29) is 41.6 Å². The van der Waals surface area contributed by atoms with Crippen molar-refractivity contribution >= 4 is 20.0 Å². The van der Waals surface area contributed by atoms with Gasteiger partial charge in [0.2, 0.25) is 0 Å². The molecular weight excluding hydrogens is 325 g/mol. The summed E-state index contributed by atoms with van der Waals surface area (Å²) in [6.45, 7) is 4.05. The molecule has 0 aromatic heterocycles. The molecule has 0 spiro atoms. The molecule has 1 aromatic rings. The summed E-state index contributed by atoms with van der Waals surface area (Å²) in [5.41, 5.74) is 0.816. The van der Waals surface area contributed by atoms with Crippen molar-refractivity contribution < 1.29 is 52.4 Å². The van der Waals surface area contributed by atoms with Crippen LogP contribution in [0.4, 0.5) is 0 Å². The first-order valence-corrected chi connectivity index (χ1v) is 8.90. The molecule has 0 bridgehead atoms. The third-order valence-corrected chi connectivity index (χ3v) is 4.81. The Balaban J connectivity index is 0. The summed E-state index contributed by atoms with van der Waals surface area (Å²) in [6.07, 6.45) is 0. The Morgan fingerprint density at radius 1 is 1.24 bits per heavy atom. The maximum absolute atomic E-state index is 11.3. The summed E-state index contributed by atoms with van der Waals surface area (Å²) in [4.78, 5) is 1.63. The van der Waals surface area contributed by atoms with E-state index in [0.29, 0.717) is 13.1 Å². The third-order valence-electron chi connectivity index (χ3n) is 2.69. The van der Waals surface area contributed by atoms with Gasteiger partial charge in [-0.05, 0) is 24.7 Å². The minimum Gasteiger partial charge on any atom is -1.00 e. The van der Waals surface area contributed by atoms with Crippen molar-refractivity contribution in [3.63, 3.8) is 0 Å². The van der Waals surface area contributed by atoms with Gasteiger partial charge in [0.05, 0.1) is 10.6 Å². The van der Waals surface area contributed by atoms with Crippen molar-refractivity contribution in [2.75, 3.05) is 19.3 Å². The van der Waals surface area contributed by atoms with Gasteiger partial charge in [0, 0.05) is 18.5 Å². The van der Waals surface area contributed by atoms with Gasteiger partial charge in [-0.3, -0.25) is 4.55 Å². The van der Waals surface area contributed by atoms with Crippen LogP contribution in [0.1, 0.15) is 6.99 Å². The van der Waals surface area contributed by atoms with Gasteiger partial charge in [0.1, 0.15) is 0 Å². The maximum atomic E-state index is 11.3. The Morgan fingerprint density at radius 3 is 2.19 bits per heavy atom. The molecule has 0 aliphatic heterocycles. The Kier molecular flexibility index (Phi) is 8.33. The minimum absolute atomic E-state index is 0. The van der Waals surface area contributed by atoms with Crippen LogP contribution in [0.3, 0.4) is 0 Å². The average molecular weight is 343 g/mol. The molecule has 0 aliphatic carbocycles. The van der Waals surface area contributed by atoms with Crippen LogP contribution in [0.15, 0.2) is 41.1 Å². The van der Waals surface area contributed by atoms with Gasteiger partial charge in [-0.2, -0.15) is 8.42 Å². The van der Waals surface area contributed by atoms with Gasteiger partial charge in [0.15, 0.2) is 9.84 Å². The summed E-state index contributed by atoms with van der Waals surface area (Å²) in [5.74, 6) is -0.0178. The van der Waals surface area contributed by atoms with E-state index in [1.165, 1.54) is 12.1 Å². The van der Waals surface area contributed by atoms with E-state index in [1.54, 1.807) is 24.1 Å². The molecule has 0 saturated heterocycles. The van der Waals surface area contributed by atoms with Crippen molar-refractivity contribution in [3.05, 3.63) is 41.8 Å². The zero-order valence-corrected chi connectivity index (χ0v) is 15.7. The molecule has 1 rings (SSSR count). The van der Waals surface area contributed by atoms with Crippen molar-refractivity contribution in [1.82, 2.24) is 4.90 Å². The van der Waals surface area contributed by atoms with Crippen LogP contribution in [0.2, 0.25) is 0 Å². The van der Waals surface area contributed by atoms with Gasteiger partial charge in [-0.1, -0.05) is 18.7 Å². The standard InChI is InChI=1S/C12H17NO5S2.Na.H/c1-3-19(14,15)9-8-13(2)10-11-4-6-12(7-5-11)20(16,17)18;;/h3-7H,1,8-10H2,2H3,(H,16,17,18);;/q;+1;-1. The van der Waals surface area contributed by atoms with Crippen LogP contribution in [0.5, 0.6) is 0 Å². The second kappa shape index (κ2) is 8.42. The third kappa shape index (κ3) is 7.55. The van der Waals surface area contributed by atoms with Crippen LogP contribution in [-0.2, 0) is 26.5 Å². The Morgan fingerprint density at radius 2 is 1.76 bits per heavy atom. The van der Waals surface area contributed by atoms with Gasteiger partial charge >= 0.3 is 29.6 Å².